The highest BCUT2D eigenvalue weighted by Gasteiger charge is 2.45. The maximum atomic E-state index is 13.1. The Morgan fingerprint density at radius 3 is 2.62 bits per heavy atom. The van der Waals surface area contributed by atoms with E-state index in [1.54, 1.807) is 16.4 Å². The zero-order valence-corrected chi connectivity index (χ0v) is 18.4. The molecule has 3 heterocycles. The molecule has 0 aromatic heterocycles. The van der Waals surface area contributed by atoms with Gasteiger partial charge >= 0.3 is 0 Å². The average Bonchev–Trinajstić information content (AvgIpc) is 3.07. The molecule has 6 nitrogen and oxygen atoms in total. The van der Waals surface area contributed by atoms with E-state index in [0.29, 0.717) is 23.9 Å². The van der Waals surface area contributed by atoms with Crippen LogP contribution < -0.4 is 0 Å². The fourth-order valence-corrected chi connectivity index (χ4v) is 6.78. The molecular formula is C22H34N2O4S. The predicted octanol–water partition coefficient (Wildman–Crippen LogP) is 2.26. The summed E-state index contributed by atoms with van der Waals surface area (Å²) in [5.41, 5.74) is 0.902. The molecule has 3 saturated heterocycles. The molecular weight excluding hydrogens is 388 g/mol. The molecule has 162 valence electrons. The molecule has 1 spiro atoms. The summed E-state index contributed by atoms with van der Waals surface area (Å²) in [6.07, 6.45) is 3.69. The van der Waals surface area contributed by atoms with Gasteiger partial charge in [0.25, 0.3) is 0 Å². The molecule has 1 aromatic rings. The van der Waals surface area contributed by atoms with Crippen LogP contribution in [-0.4, -0.2) is 74.3 Å². The van der Waals surface area contributed by atoms with Crippen molar-refractivity contribution in [1.82, 2.24) is 9.21 Å². The van der Waals surface area contributed by atoms with Crippen LogP contribution in [0.5, 0.6) is 0 Å². The molecule has 0 aliphatic carbocycles. The van der Waals surface area contributed by atoms with Gasteiger partial charge in [-0.3, -0.25) is 4.90 Å². The normalized spacial score (nSPS) is 31.3. The number of benzene rings is 1. The Hall–Kier alpha value is -0.990. The lowest BCUT2D eigenvalue weighted by atomic mass is 9.77. The van der Waals surface area contributed by atoms with E-state index < -0.39 is 10.0 Å². The van der Waals surface area contributed by atoms with E-state index in [-0.39, 0.29) is 17.6 Å². The van der Waals surface area contributed by atoms with Gasteiger partial charge in [-0.05, 0) is 62.1 Å². The van der Waals surface area contributed by atoms with Crippen molar-refractivity contribution in [3.8, 4) is 0 Å². The lowest BCUT2D eigenvalue weighted by Gasteiger charge is -2.38. The number of piperidine rings is 2. The standard InChI is InChI=1S/C22H34N2O4S/c1-17-7-10-23(15-20(17)25)14-19-13-22(16-28-19)8-11-24(12-9-22)29(26,27)21-6-4-3-5-18(21)2/h3-6,17,19-20,25H,7-16H2,1-2H3/t17-,19?,20-/m1/s1. The summed E-state index contributed by atoms with van der Waals surface area (Å²) in [5, 5.41) is 10.1. The summed E-state index contributed by atoms with van der Waals surface area (Å²) >= 11 is 0. The Balaban J connectivity index is 1.33. The van der Waals surface area contributed by atoms with Gasteiger partial charge in [0.1, 0.15) is 0 Å². The largest absolute Gasteiger partial charge is 0.392 e. The molecule has 3 aliphatic rings. The van der Waals surface area contributed by atoms with E-state index in [0.717, 1.165) is 57.5 Å². The minimum Gasteiger partial charge on any atom is -0.392 e. The minimum absolute atomic E-state index is 0.101. The molecule has 0 saturated carbocycles. The van der Waals surface area contributed by atoms with Crippen LogP contribution in [0.25, 0.3) is 0 Å². The number of aliphatic hydroxyl groups is 1. The molecule has 1 aromatic carbocycles. The number of rotatable bonds is 4. The Kier molecular flexibility index (Phi) is 6.06. The molecule has 29 heavy (non-hydrogen) atoms. The second-order valence-corrected chi connectivity index (χ2v) is 11.3. The maximum absolute atomic E-state index is 13.1. The van der Waals surface area contributed by atoms with Crippen molar-refractivity contribution in [2.45, 2.75) is 56.6 Å². The molecule has 0 radical (unpaired) electrons. The molecule has 3 fully saturated rings. The fourth-order valence-electron chi connectivity index (χ4n) is 5.12. The van der Waals surface area contributed by atoms with E-state index in [1.165, 1.54) is 0 Å². The van der Waals surface area contributed by atoms with Crippen LogP contribution >= 0.6 is 0 Å². The first kappa shape index (κ1) is 21.2. The van der Waals surface area contributed by atoms with Crippen molar-refractivity contribution in [2.24, 2.45) is 11.3 Å². The maximum Gasteiger partial charge on any atom is 0.243 e. The van der Waals surface area contributed by atoms with Gasteiger partial charge in [-0.2, -0.15) is 4.31 Å². The van der Waals surface area contributed by atoms with E-state index in [4.69, 9.17) is 4.74 Å². The van der Waals surface area contributed by atoms with Crippen molar-refractivity contribution in [3.05, 3.63) is 29.8 Å². The lowest BCUT2D eigenvalue weighted by molar-refractivity contribution is 0.00123. The minimum atomic E-state index is -3.43. The number of β-amino-alcohol motifs (C(OH)–C–C–N with tert-alkyl or cyclic N) is 1. The number of hydrogen-bond donors (Lipinski definition) is 1. The van der Waals surface area contributed by atoms with Crippen molar-refractivity contribution in [3.63, 3.8) is 0 Å². The van der Waals surface area contributed by atoms with Crippen LogP contribution in [0, 0.1) is 18.3 Å². The van der Waals surface area contributed by atoms with E-state index >= 15 is 0 Å². The van der Waals surface area contributed by atoms with Crippen LogP contribution in [0.15, 0.2) is 29.2 Å². The van der Waals surface area contributed by atoms with Gasteiger partial charge in [-0.25, -0.2) is 8.42 Å². The van der Waals surface area contributed by atoms with E-state index in [9.17, 15) is 13.5 Å². The summed E-state index contributed by atoms with van der Waals surface area (Å²) < 4.78 is 33.9. The highest BCUT2D eigenvalue weighted by molar-refractivity contribution is 7.89. The molecule has 3 atom stereocenters. The zero-order chi connectivity index (χ0) is 20.6. The Morgan fingerprint density at radius 1 is 1.21 bits per heavy atom. The third kappa shape index (κ3) is 4.39. The second kappa shape index (κ2) is 8.27. The van der Waals surface area contributed by atoms with E-state index in [1.807, 2.05) is 19.1 Å². The topological polar surface area (TPSA) is 70.1 Å². The number of nitrogens with zero attached hydrogens (tertiary/aromatic N) is 2. The summed E-state index contributed by atoms with van der Waals surface area (Å²) in [7, 11) is -3.43. The molecule has 1 unspecified atom stereocenters. The number of ether oxygens (including phenoxy) is 1. The first-order chi connectivity index (χ1) is 13.8. The van der Waals surface area contributed by atoms with Crippen LogP contribution in [0.3, 0.4) is 0 Å². The molecule has 0 amide bonds. The van der Waals surface area contributed by atoms with Gasteiger partial charge < -0.3 is 9.84 Å². The first-order valence-corrected chi connectivity index (χ1v) is 12.3. The van der Waals surface area contributed by atoms with E-state index in [2.05, 4.69) is 11.8 Å². The highest BCUT2D eigenvalue weighted by atomic mass is 32.2. The summed E-state index contributed by atoms with van der Waals surface area (Å²) in [6.45, 7) is 8.44. The van der Waals surface area contributed by atoms with Crippen molar-refractivity contribution >= 4 is 10.0 Å². The molecule has 4 rings (SSSR count). The van der Waals surface area contributed by atoms with Gasteiger partial charge in [-0.15, -0.1) is 0 Å². The SMILES string of the molecule is Cc1ccccc1S(=O)(=O)N1CCC2(CC1)COC(CN1CC[C@@H](C)[C@H](O)C1)C2. The molecule has 1 N–H and O–H groups in total. The van der Waals surface area contributed by atoms with Crippen molar-refractivity contribution in [2.75, 3.05) is 39.3 Å². The lowest BCUT2D eigenvalue weighted by Crippen LogP contribution is -2.46. The van der Waals surface area contributed by atoms with Crippen molar-refractivity contribution < 1.29 is 18.3 Å². The summed E-state index contributed by atoms with van der Waals surface area (Å²) in [5.74, 6) is 0.376. The van der Waals surface area contributed by atoms with Crippen LogP contribution in [0.2, 0.25) is 0 Å². The number of hydrogen-bond acceptors (Lipinski definition) is 5. The van der Waals surface area contributed by atoms with Crippen LogP contribution in [-0.2, 0) is 14.8 Å². The average molecular weight is 423 g/mol. The summed E-state index contributed by atoms with van der Waals surface area (Å²) in [6, 6.07) is 7.22. The highest BCUT2D eigenvalue weighted by Crippen LogP contribution is 2.43. The van der Waals surface area contributed by atoms with Gasteiger partial charge in [0.05, 0.1) is 23.7 Å². The smallest absolute Gasteiger partial charge is 0.243 e. The molecule has 0 bridgehead atoms. The van der Waals surface area contributed by atoms with Crippen LogP contribution in [0.1, 0.15) is 38.2 Å². The quantitative estimate of drug-likeness (QED) is 0.806. The predicted molar refractivity (Wildman–Crippen MR) is 112 cm³/mol. The Labute approximate surface area is 174 Å². The van der Waals surface area contributed by atoms with Gasteiger partial charge in [0, 0.05) is 26.2 Å². The number of aryl methyl sites for hydroxylation is 1. The monoisotopic (exact) mass is 422 g/mol. The fraction of sp³-hybridized carbons (Fsp3) is 0.727. The number of sulfonamides is 1. The zero-order valence-electron chi connectivity index (χ0n) is 17.6. The number of aliphatic hydroxyl groups excluding tert-OH is 1. The molecule has 3 aliphatic heterocycles. The summed E-state index contributed by atoms with van der Waals surface area (Å²) in [4.78, 5) is 2.75. The van der Waals surface area contributed by atoms with Crippen LogP contribution in [0.4, 0.5) is 0 Å². The molecule has 7 heteroatoms. The van der Waals surface area contributed by atoms with Crippen molar-refractivity contribution in [1.29, 1.82) is 0 Å². The Morgan fingerprint density at radius 2 is 1.93 bits per heavy atom. The first-order valence-electron chi connectivity index (χ1n) is 10.9. The second-order valence-electron chi connectivity index (χ2n) is 9.40. The third-order valence-electron chi connectivity index (χ3n) is 7.25. The third-order valence-corrected chi connectivity index (χ3v) is 9.30. The number of likely N-dealkylation sites (tertiary alicyclic amines) is 1. The van der Waals surface area contributed by atoms with Gasteiger partial charge in [-0.1, -0.05) is 25.1 Å². The van der Waals surface area contributed by atoms with Gasteiger partial charge in [0.15, 0.2) is 0 Å². The van der Waals surface area contributed by atoms with Gasteiger partial charge in [0.2, 0.25) is 10.0 Å². The Bertz CT molecular complexity index is 820.